The van der Waals surface area contributed by atoms with E-state index < -0.39 is 11.5 Å². The lowest BCUT2D eigenvalue weighted by Gasteiger charge is -2.38. The molecule has 1 saturated heterocycles. The standard InChI is InChI=1S/C19H17N3O4/c20-11-13-2-1-3-15(10-13)19(6-8-26-9-7-19)22-17(23)14-4-5-16(18(24)25)21-12-14/h1-5,10,12H,6-9H2,(H,22,23)(H,24,25). The summed E-state index contributed by atoms with van der Waals surface area (Å²) in [5.41, 5.74) is 0.882. The quantitative estimate of drug-likeness (QED) is 0.872. The molecular formula is C19H17N3O4. The zero-order chi connectivity index (χ0) is 18.6. The van der Waals surface area contributed by atoms with Crippen LogP contribution in [-0.2, 0) is 10.3 Å². The first kappa shape index (κ1) is 17.6. The zero-order valence-electron chi connectivity index (χ0n) is 13.9. The first-order valence-corrected chi connectivity index (χ1v) is 8.14. The van der Waals surface area contributed by atoms with Crippen molar-refractivity contribution in [2.75, 3.05) is 13.2 Å². The summed E-state index contributed by atoms with van der Waals surface area (Å²) >= 11 is 0. The normalized spacial score (nSPS) is 15.7. The van der Waals surface area contributed by atoms with Crippen LogP contribution in [0.1, 0.15) is 44.8 Å². The molecule has 0 saturated carbocycles. The van der Waals surface area contributed by atoms with Gasteiger partial charge in [0.1, 0.15) is 5.69 Å². The Morgan fingerprint density at radius 3 is 2.62 bits per heavy atom. The number of rotatable bonds is 4. The number of amides is 1. The van der Waals surface area contributed by atoms with Gasteiger partial charge in [-0.2, -0.15) is 5.26 Å². The molecule has 132 valence electrons. The van der Waals surface area contributed by atoms with Crippen LogP contribution in [0.3, 0.4) is 0 Å². The maximum Gasteiger partial charge on any atom is 0.354 e. The zero-order valence-corrected chi connectivity index (χ0v) is 13.9. The number of nitrogens with zero attached hydrogens (tertiary/aromatic N) is 2. The van der Waals surface area contributed by atoms with E-state index >= 15 is 0 Å². The Bertz CT molecular complexity index is 865. The van der Waals surface area contributed by atoms with Crippen molar-refractivity contribution in [3.63, 3.8) is 0 Å². The molecular weight excluding hydrogens is 334 g/mol. The van der Waals surface area contributed by atoms with Crippen molar-refractivity contribution in [1.29, 1.82) is 5.26 Å². The van der Waals surface area contributed by atoms with Crippen molar-refractivity contribution in [2.24, 2.45) is 0 Å². The third-order valence-electron chi connectivity index (χ3n) is 4.49. The molecule has 1 aliphatic rings. The van der Waals surface area contributed by atoms with E-state index in [9.17, 15) is 9.59 Å². The van der Waals surface area contributed by atoms with Gasteiger partial charge >= 0.3 is 5.97 Å². The van der Waals surface area contributed by atoms with Gasteiger partial charge in [-0.3, -0.25) is 4.79 Å². The number of carbonyl (C=O) groups is 2. The Morgan fingerprint density at radius 1 is 1.23 bits per heavy atom. The summed E-state index contributed by atoms with van der Waals surface area (Å²) in [4.78, 5) is 27.4. The Hall–Kier alpha value is -3.24. The van der Waals surface area contributed by atoms with E-state index in [-0.39, 0.29) is 17.2 Å². The van der Waals surface area contributed by atoms with Crippen molar-refractivity contribution in [3.8, 4) is 6.07 Å². The third-order valence-corrected chi connectivity index (χ3v) is 4.49. The molecule has 7 nitrogen and oxygen atoms in total. The average Bonchev–Trinajstić information content (AvgIpc) is 2.68. The molecule has 3 rings (SSSR count). The van der Waals surface area contributed by atoms with E-state index in [4.69, 9.17) is 15.1 Å². The maximum atomic E-state index is 12.7. The van der Waals surface area contributed by atoms with Crippen LogP contribution in [0.5, 0.6) is 0 Å². The van der Waals surface area contributed by atoms with Gasteiger partial charge in [-0.15, -0.1) is 0 Å². The minimum atomic E-state index is -1.15. The predicted molar refractivity (Wildman–Crippen MR) is 91.6 cm³/mol. The first-order chi connectivity index (χ1) is 12.5. The number of pyridine rings is 1. The van der Waals surface area contributed by atoms with Crippen molar-refractivity contribution >= 4 is 11.9 Å². The van der Waals surface area contributed by atoms with Gasteiger partial charge in [0.25, 0.3) is 5.91 Å². The summed E-state index contributed by atoms with van der Waals surface area (Å²) in [7, 11) is 0. The van der Waals surface area contributed by atoms with E-state index in [2.05, 4.69) is 16.4 Å². The second-order valence-corrected chi connectivity index (χ2v) is 6.08. The molecule has 0 radical (unpaired) electrons. The van der Waals surface area contributed by atoms with Gasteiger partial charge in [-0.25, -0.2) is 9.78 Å². The van der Waals surface area contributed by atoms with Crippen LogP contribution in [0.15, 0.2) is 42.6 Å². The summed E-state index contributed by atoms with van der Waals surface area (Å²) in [5, 5.41) is 21.1. The molecule has 0 unspecified atom stereocenters. The molecule has 1 fully saturated rings. The molecule has 7 heteroatoms. The average molecular weight is 351 g/mol. The SMILES string of the molecule is N#Cc1cccc(C2(NC(=O)c3ccc(C(=O)O)nc3)CCOCC2)c1. The number of nitriles is 1. The van der Waals surface area contributed by atoms with Crippen LogP contribution >= 0.6 is 0 Å². The highest BCUT2D eigenvalue weighted by Gasteiger charge is 2.36. The van der Waals surface area contributed by atoms with Crippen LogP contribution in [-0.4, -0.2) is 35.2 Å². The van der Waals surface area contributed by atoms with Crippen LogP contribution in [0.2, 0.25) is 0 Å². The number of aromatic nitrogens is 1. The van der Waals surface area contributed by atoms with Gasteiger partial charge < -0.3 is 15.2 Å². The number of ether oxygens (including phenoxy) is 1. The second-order valence-electron chi connectivity index (χ2n) is 6.08. The highest BCUT2D eigenvalue weighted by Crippen LogP contribution is 2.33. The number of hydrogen-bond acceptors (Lipinski definition) is 5. The topological polar surface area (TPSA) is 112 Å². The molecule has 26 heavy (non-hydrogen) atoms. The van der Waals surface area contributed by atoms with Crippen LogP contribution < -0.4 is 5.32 Å². The summed E-state index contributed by atoms with van der Waals surface area (Å²) in [6, 6.07) is 12.0. The van der Waals surface area contributed by atoms with Gasteiger partial charge in [0, 0.05) is 19.4 Å². The van der Waals surface area contributed by atoms with E-state index in [1.54, 1.807) is 18.2 Å². The van der Waals surface area contributed by atoms with Crippen LogP contribution in [0, 0.1) is 11.3 Å². The number of carboxylic acids is 1. The Kier molecular flexibility index (Phi) is 4.96. The van der Waals surface area contributed by atoms with E-state index in [1.807, 2.05) is 6.07 Å². The number of carbonyl (C=O) groups excluding carboxylic acids is 1. The molecule has 1 aromatic carbocycles. The monoisotopic (exact) mass is 351 g/mol. The molecule has 1 amide bonds. The molecule has 2 heterocycles. The molecule has 0 atom stereocenters. The second kappa shape index (κ2) is 7.33. The lowest BCUT2D eigenvalue weighted by molar-refractivity contribution is 0.0345. The molecule has 1 aromatic heterocycles. The minimum absolute atomic E-state index is 0.121. The van der Waals surface area contributed by atoms with Crippen LogP contribution in [0.4, 0.5) is 0 Å². The largest absolute Gasteiger partial charge is 0.477 e. The molecule has 2 aromatic rings. The van der Waals surface area contributed by atoms with Gasteiger partial charge in [0.05, 0.1) is 22.7 Å². The lowest BCUT2D eigenvalue weighted by Crippen LogP contribution is -2.49. The molecule has 0 spiro atoms. The maximum absolute atomic E-state index is 12.7. The minimum Gasteiger partial charge on any atom is -0.477 e. The third kappa shape index (κ3) is 3.55. The van der Waals surface area contributed by atoms with Gasteiger partial charge in [0.2, 0.25) is 0 Å². The molecule has 0 bridgehead atoms. The summed E-state index contributed by atoms with van der Waals surface area (Å²) < 4.78 is 5.44. The first-order valence-electron chi connectivity index (χ1n) is 8.14. The molecule has 0 aliphatic carbocycles. The Labute approximate surface area is 150 Å². The van der Waals surface area contributed by atoms with Gasteiger partial charge in [0.15, 0.2) is 0 Å². The Balaban J connectivity index is 1.89. The Morgan fingerprint density at radius 2 is 2.00 bits per heavy atom. The summed E-state index contributed by atoms with van der Waals surface area (Å²) in [6.45, 7) is 0.987. The number of aromatic carboxylic acids is 1. The van der Waals surface area contributed by atoms with Crippen molar-refractivity contribution < 1.29 is 19.4 Å². The number of hydrogen-bond donors (Lipinski definition) is 2. The van der Waals surface area contributed by atoms with Crippen molar-refractivity contribution in [1.82, 2.24) is 10.3 Å². The fourth-order valence-electron chi connectivity index (χ4n) is 3.04. The highest BCUT2D eigenvalue weighted by molar-refractivity contribution is 5.95. The molecule has 2 N–H and O–H groups in total. The van der Waals surface area contributed by atoms with Crippen molar-refractivity contribution in [2.45, 2.75) is 18.4 Å². The van der Waals surface area contributed by atoms with E-state index in [1.165, 1.54) is 18.3 Å². The lowest BCUT2D eigenvalue weighted by atomic mass is 9.82. The van der Waals surface area contributed by atoms with E-state index in [0.717, 1.165) is 5.56 Å². The number of carboxylic acid groups (broad SMARTS) is 1. The van der Waals surface area contributed by atoms with Crippen molar-refractivity contribution in [3.05, 3.63) is 65.0 Å². The highest BCUT2D eigenvalue weighted by atomic mass is 16.5. The summed E-state index contributed by atoms with van der Waals surface area (Å²) in [6.07, 6.45) is 2.40. The molecule has 1 aliphatic heterocycles. The van der Waals surface area contributed by atoms with E-state index in [0.29, 0.717) is 31.6 Å². The summed E-state index contributed by atoms with van der Waals surface area (Å²) in [5.74, 6) is -1.50. The smallest absolute Gasteiger partial charge is 0.354 e. The van der Waals surface area contributed by atoms with Crippen LogP contribution in [0.25, 0.3) is 0 Å². The van der Waals surface area contributed by atoms with Gasteiger partial charge in [-0.1, -0.05) is 12.1 Å². The number of nitrogens with one attached hydrogen (secondary N) is 1. The fourth-order valence-corrected chi connectivity index (χ4v) is 3.04. The number of benzene rings is 1. The fraction of sp³-hybridized carbons (Fsp3) is 0.263. The van der Waals surface area contributed by atoms with Gasteiger partial charge in [-0.05, 0) is 42.7 Å². The predicted octanol–water partition coefficient (Wildman–Crippen LogP) is 2.09.